The molecule has 5 nitrogen and oxygen atoms in total. The molecule has 2 fully saturated rings. The second-order valence-corrected chi connectivity index (χ2v) is 8.27. The molecule has 0 bridgehead atoms. The first-order chi connectivity index (χ1) is 14.2. The van der Waals surface area contributed by atoms with Gasteiger partial charge >= 0.3 is 0 Å². The van der Waals surface area contributed by atoms with Crippen LogP contribution >= 0.6 is 0 Å². The van der Waals surface area contributed by atoms with E-state index in [1.54, 1.807) is 6.20 Å². The van der Waals surface area contributed by atoms with Gasteiger partial charge < -0.3 is 14.7 Å². The van der Waals surface area contributed by atoms with Gasteiger partial charge in [-0.05, 0) is 62.4 Å². The Morgan fingerprint density at radius 3 is 2.62 bits per heavy atom. The van der Waals surface area contributed by atoms with Gasteiger partial charge in [-0.15, -0.1) is 0 Å². The number of aryl methyl sites for hydroxylation is 1. The molecule has 0 N–H and O–H groups in total. The monoisotopic (exact) mass is 392 g/mol. The highest BCUT2D eigenvalue weighted by Gasteiger charge is 2.25. The maximum atomic E-state index is 13.1. The van der Waals surface area contributed by atoms with Gasteiger partial charge in [-0.3, -0.25) is 9.78 Å². The van der Waals surface area contributed by atoms with Gasteiger partial charge in [0.05, 0.1) is 0 Å². The molecule has 1 unspecified atom stereocenters. The lowest BCUT2D eigenvalue weighted by molar-refractivity contribution is 0.0741. The molecule has 3 heterocycles. The van der Waals surface area contributed by atoms with Gasteiger partial charge in [-0.2, -0.15) is 0 Å². The minimum absolute atomic E-state index is 0.0563. The van der Waals surface area contributed by atoms with Crippen LogP contribution in [0.5, 0.6) is 0 Å². The zero-order valence-corrected chi connectivity index (χ0v) is 17.7. The third-order valence-corrected chi connectivity index (χ3v) is 6.33. The molecule has 2 aromatic rings. The van der Waals surface area contributed by atoms with Crippen molar-refractivity contribution >= 4 is 17.3 Å². The first kappa shape index (κ1) is 19.7. The largest absolute Gasteiger partial charge is 0.368 e. The topological polar surface area (TPSA) is 39.7 Å². The molecule has 29 heavy (non-hydrogen) atoms. The number of benzene rings is 1. The maximum absolute atomic E-state index is 13.1. The number of anilines is 2. The number of amides is 1. The number of piperidine rings is 1. The molecule has 0 spiro atoms. The number of nitrogens with zero attached hydrogens (tertiary/aromatic N) is 4. The van der Waals surface area contributed by atoms with E-state index >= 15 is 0 Å². The normalized spacial score (nSPS) is 20.1. The quantitative estimate of drug-likeness (QED) is 0.785. The average Bonchev–Trinajstić information content (AvgIpc) is 2.79. The molecule has 5 heteroatoms. The Hall–Kier alpha value is -2.56. The van der Waals surface area contributed by atoms with Crippen molar-refractivity contribution in [2.75, 3.05) is 42.5 Å². The van der Waals surface area contributed by atoms with Gasteiger partial charge in [0.15, 0.2) is 0 Å². The Morgan fingerprint density at radius 2 is 1.86 bits per heavy atom. The first-order valence-corrected chi connectivity index (χ1v) is 11.0. The standard InChI is InChI=1S/C24H32N4O/c1-3-20-8-4-5-12-28(20)22-10-11-25-23(18-22)24(29)27-15-13-26(14-16-27)21-9-6-7-19(2)17-21/h6-7,9-11,17-18,20H,3-5,8,12-16H2,1-2H3. The number of carbonyl (C=O) groups excluding carboxylic acids is 1. The van der Waals surface area contributed by atoms with Crippen LogP contribution in [0.3, 0.4) is 0 Å². The van der Waals surface area contributed by atoms with Gasteiger partial charge in [-0.1, -0.05) is 19.1 Å². The van der Waals surface area contributed by atoms with Crippen LogP contribution in [-0.2, 0) is 0 Å². The van der Waals surface area contributed by atoms with Gasteiger partial charge in [-0.25, -0.2) is 0 Å². The highest BCUT2D eigenvalue weighted by atomic mass is 16.2. The molecule has 2 aliphatic heterocycles. The van der Waals surface area contributed by atoms with Crippen LogP contribution in [0.1, 0.15) is 48.7 Å². The van der Waals surface area contributed by atoms with E-state index in [1.165, 1.54) is 30.5 Å². The Morgan fingerprint density at radius 1 is 1.03 bits per heavy atom. The molecule has 1 aromatic heterocycles. The molecular weight excluding hydrogens is 360 g/mol. The van der Waals surface area contributed by atoms with Crippen LogP contribution in [0.2, 0.25) is 0 Å². The predicted molar refractivity (Wildman–Crippen MR) is 119 cm³/mol. The fourth-order valence-corrected chi connectivity index (χ4v) is 4.63. The fraction of sp³-hybridized carbons (Fsp3) is 0.500. The lowest BCUT2D eigenvalue weighted by Gasteiger charge is -2.38. The van der Waals surface area contributed by atoms with E-state index in [2.05, 4.69) is 59.0 Å². The third-order valence-electron chi connectivity index (χ3n) is 6.33. The zero-order chi connectivity index (χ0) is 20.2. The minimum atomic E-state index is 0.0563. The number of hydrogen-bond donors (Lipinski definition) is 0. The van der Waals surface area contributed by atoms with Crippen LogP contribution in [0, 0.1) is 6.92 Å². The number of aromatic nitrogens is 1. The van der Waals surface area contributed by atoms with E-state index in [1.807, 2.05) is 11.0 Å². The van der Waals surface area contributed by atoms with Gasteiger partial charge in [0.1, 0.15) is 5.69 Å². The second kappa shape index (κ2) is 8.85. The first-order valence-electron chi connectivity index (χ1n) is 11.0. The second-order valence-electron chi connectivity index (χ2n) is 8.27. The summed E-state index contributed by atoms with van der Waals surface area (Å²) in [6, 6.07) is 13.2. The Labute approximate surface area is 174 Å². The molecule has 1 amide bonds. The van der Waals surface area contributed by atoms with E-state index in [9.17, 15) is 4.79 Å². The number of piperazine rings is 1. The molecule has 2 saturated heterocycles. The summed E-state index contributed by atoms with van der Waals surface area (Å²) in [6.45, 7) is 8.64. The summed E-state index contributed by atoms with van der Waals surface area (Å²) in [6.07, 6.45) is 6.71. The Bertz CT molecular complexity index is 844. The van der Waals surface area contributed by atoms with Crippen molar-refractivity contribution in [2.24, 2.45) is 0 Å². The number of pyridine rings is 1. The van der Waals surface area contributed by atoms with Crippen molar-refractivity contribution in [1.82, 2.24) is 9.88 Å². The number of rotatable bonds is 4. The molecule has 4 rings (SSSR count). The summed E-state index contributed by atoms with van der Waals surface area (Å²) in [5.74, 6) is 0.0563. The molecule has 1 aromatic carbocycles. The van der Waals surface area contributed by atoms with Crippen LogP contribution in [0.4, 0.5) is 11.4 Å². The van der Waals surface area contributed by atoms with E-state index in [0.717, 1.165) is 44.8 Å². The van der Waals surface area contributed by atoms with Crippen LogP contribution < -0.4 is 9.80 Å². The highest BCUT2D eigenvalue weighted by molar-refractivity contribution is 5.93. The van der Waals surface area contributed by atoms with Crippen molar-refractivity contribution in [3.8, 4) is 0 Å². The molecule has 0 radical (unpaired) electrons. The van der Waals surface area contributed by atoms with Crippen LogP contribution in [0.25, 0.3) is 0 Å². The summed E-state index contributed by atoms with van der Waals surface area (Å²) in [7, 11) is 0. The van der Waals surface area contributed by atoms with E-state index in [0.29, 0.717) is 11.7 Å². The molecule has 0 aliphatic carbocycles. The summed E-state index contributed by atoms with van der Waals surface area (Å²) in [4.78, 5) is 24.3. The third kappa shape index (κ3) is 4.39. The van der Waals surface area contributed by atoms with Crippen molar-refractivity contribution < 1.29 is 4.79 Å². The van der Waals surface area contributed by atoms with Crippen molar-refractivity contribution in [3.05, 3.63) is 53.9 Å². The lowest BCUT2D eigenvalue weighted by atomic mass is 9.99. The summed E-state index contributed by atoms with van der Waals surface area (Å²) in [5, 5.41) is 0. The van der Waals surface area contributed by atoms with Gasteiger partial charge in [0, 0.05) is 56.3 Å². The predicted octanol–water partition coefficient (Wildman–Crippen LogP) is 4.12. The highest BCUT2D eigenvalue weighted by Crippen LogP contribution is 2.27. The summed E-state index contributed by atoms with van der Waals surface area (Å²) < 4.78 is 0. The molecule has 0 saturated carbocycles. The van der Waals surface area contributed by atoms with E-state index < -0.39 is 0 Å². The van der Waals surface area contributed by atoms with Gasteiger partial charge in [0.25, 0.3) is 5.91 Å². The van der Waals surface area contributed by atoms with Crippen LogP contribution in [-0.4, -0.2) is 54.6 Å². The average molecular weight is 393 g/mol. The summed E-state index contributed by atoms with van der Waals surface area (Å²) >= 11 is 0. The number of hydrogen-bond acceptors (Lipinski definition) is 4. The van der Waals surface area contributed by atoms with Crippen molar-refractivity contribution in [3.63, 3.8) is 0 Å². The fourth-order valence-electron chi connectivity index (χ4n) is 4.63. The van der Waals surface area contributed by atoms with Crippen molar-refractivity contribution in [2.45, 2.75) is 45.6 Å². The van der Waals surface area contributed by atoms with Crippen LogP contribution in [0.15, 0.2) is 42.6 Å². The smallest absolute Gasteiger partial charge is 0.272 e. The van der Waals surface area contributed by atoms with Gasteiger partial charge in [0.2, 0.25) is 0 Å². The Balaban J connectivity index is 1.42. The van der Waals surface area contributed by atoms with Crippen molar-refractivity contribution in [1.29, 1.82) is 0 Å². The zero-order valence-electron chi connectivity index (χ0n) is 17.7. The SMILES string of the molecule is CCC1CCCCN1c1ccnc(C(=O)N2CCN(c3cccc(C)c3)CC2)c1. The Kier molecular flexibility index (Phi) is 6.02. The summed E-state index contributed by atoms with van der Waals surface area (Å²) in [5.41, 5.74) is 4.23. The molecule has 154 valence electrons. The maximum Gasteiger partial charge on any atom is 0.272 e. The van der Waals surface area contributed by atoms with E-state index in [-0.39, 0.29) is 5.91 Å². The molecular formula is C24H32N4O. The molecule has 2 aliphatic rings. The molecule has 1 atom stereocenters. The number of carbonyl (C=O) groups is 1. The minimum Gasteiger partial charge on any atom is -0.368 e. The van der Waals surface area contributed by atoms with E-state index in [4.69, 9.17) is 0 Å². The lowest BCUT2D eigenvalue weighted by Crippen LogP contribution is -2.49.